The minimum absolute atomic E-state index is 0.114. The van der Waals surface area contributed by atoms with E-state index in [-0.39, 0.29) is 16.8 Å². The fourth-order valence-electron chi connectivity index (χ4n) is 3.55. The Hall–Kier alpha value is -3.70. The zero-order valence-electron chi connectivity index (χ0n) is 17.3. The number of hydrogen-bond donors (Lipinski definition) is 1. The molecular formula is C22H20ClN7O. The second-order valence-electron chi connectivity index (χ2n) is 7.37. The number of nitrogens with zero attached hydrogens (tertiary/aromatic N) is 6. The van der Waals surface area contributed by atoms with Crippen LogP contribution in [0.2, 0.25) is 5.15 Å². The van der Waals surface area contributed by atoms with E-state index in [1.165, 1.54) is 0 Å². The van der Waals surface area contributed by atoms with Crippen molar-refractivity contribution in [1.29, 1.82) is 5.26 Å². The number of anilines is 1. The Bertz CT molecular complexity index is 1380. The summed E-state index contributed by atoms with van der Waals surface area (Å²) >= 11 is 6.08. The lowest BCUT2D eigenvalue weighted by Gasteiger charge is -2.17. The number of rotatable bonds is 5. The number of halogens is 1. The van der Waals surface area contributed by atoms with Crippen LogP contribution in [0, 0.1) is 11.3 Å². The van der Waals surface area contributed by atoms with Crippen molar-refractivity contribution in [2.75, 3.05) is 5.32 Å². The Morgan fingerprint density at radius 2 is 2.03 bits per heavy atom. The second kappa shape index (κ2) is 8.20. The number of benzene rings is 1. The molecule has 0 saturated heterocycles. The molecule has 0 radical (unpaired) electrons. The number of aryl methyl sites for hydroxylation is 2. The molecule has 4 rings (SSSR count). The molecular weight excluding hydrogens is 414 g/mol. The number of pyridine rings is 2. The highest BCUT2D eigenvalue weighted by molar-refractivity contribution is 6.30. The van der Waals surface area contributed by atoms with Gasteiger partial charge >= 0.3 is 0 Å². The van der Waals surface area contributed by atoms with Gasteiger partial charge in [0.05, 0.1) is 17.1 Å². The molecule has 1 atom stereocenters. The summed E-state index contributed by atoms with van der Waals surface area (Å²) in [7, 11) is 3.55. The molecule has 0 fully saturated rings. The first-order chi connectivity index (χ1) is 14.9. The van der Waals surface area contributed by atoms with E-state index in [1.54, 1.807) is 41.0 Å². The van der Waals surface area contributed by atoms with Gasteiger partial charge in [0.2, 0.25) is 0 Å². The van der Waals surface area contributed by atoms with Crippen LogP contribution in [0.5, 0.6) is 0 Å². The summed E-state index contributed by atoms with van der Waals surface area (Å²) in [6, 6.07) is 11.2. The molecule has 1 unspecified atom stereocenters. The Kier molecular flexibility index (Phi) is 5.44. The first-order valence-electron chi connectivity index (χ1n) is 9.65. The monoisotopic (exact) mass is 433 g/mol. The van der Waals surface area contributed by atoms with Crippen LogP contribution in [0.15, 0.2) is 47.7 Å². The number of nitrogens with one attached hydrogen (secondary N) is 1. The standard InChI is InChI=1S/C22H20ClN7O/c1-13(22-26-12-29(2)28-22)27-18-10-20(31)30(3)19-5-4-14(9-16(18)19)8-15-6-7-25-21(23)17(15)11-24/h4-7,9-10,12-13,27H,8H2,1-3H3. The van der Waals surface area contributed by atoms with E-state index in [1.807, 2.05) is 32.2 Å². The van der Waals surface area contributed by atoms with Gasteiger partial charge in [0.25, 0.3) is 5.56 Å². The quantitative estimate of drug-likeness (QED) is 0.484. The van der Waals surface area contributed by atoms with Crippen LogP contribution in [-0.4, -0.2) is 24.3 Å². The highest BCUT2D eigenvalue weighted by Crippen LogP contribution is 2.27. The highest BCUT2D eigenvalue weighted by atomic mass is 35.5. The van der Waals surface area contributed by atoms with Gasteiger partial charge in [0.1, 0.15) is 17.5 Å². The fraction of sp³-hybridized carbons (Fsp3) is 0.227. The molecule has 156 valence electrons. The average Bonchev–Trinajstić information content (AvgIpc) is 3.18. The lowest BCUT2D eigenvalue weighted by molar-refractivity contribution is 0.715. The lowest BCUT2D eigenvalue weighted by atomic mass is 10.00. The van der Waals surface area contributed by atoms with E-state index in [9.17, 15) is 10.1 Å². The Labute approximate surface area is 183 Å². The van der Waals surface area contributed by atoms with Gasteiger partial charge in [0, 0.05) is 37.4 Å². The molecule has 0 aliphatic carbocycles. The van der Waals surface area contributed by atoms with Crippen molar-refractivity contribution in [2.45, 2.75) is 19.4 Å². The maximum atomic E-state index is 12.5. The van der Waals surface area contributed by atoms with Gasteiger partial charge in [-0.1, -0.05) is 17.7 Å². The molecule has 0 aliphatic rings. The third-order valence-electron chi connectivity index (χ3n) is 5.18. The van der Waals surface area contributed by atoms with E-state index in [4.69, 9.17) is 11.6 Å². The lowest BCUT2D eigenvalue weighted by Crippen LogP contribution is -2.19. The van der Waals surface area contributed by atoms with Crippen molar-refractivity contribution in [3.63, 3.8) is 0 Å². The summed E-state index contributed by atoms with van der Waals surface area (Å²) in [5, 5.41) is 18.2. The smallest absolute Gasteiger partial charge is 0.252 e. The molecule has 0 bridgehead atoms. The maximum Gasteiger partial charge on any atom is 0.252 e. The van der Waals surface area contributed by atoms with E-state index < -0.39 is 0 Å². The number of aromatic nitrogens is 5. The minimum atomic E-state index is -0.190. The summed E-state index contributed by atoms with van der Waals surface area (Å²) in [6.45, 7) is 1.95. The normalized spacial score (nSPS) is 12.0. The molecule has 3 aromatic heterocycles. The van der Waals surface area contributed by atoms with Gasteiger partial charge in [-0.3, -0.25) is 9.48 Å². The van der Waals surface area contributed by atoms with Crippen molar-refractivity contribution in [3.05, 3.63) is 80.9 Å². The second-order valence-corrected chi connectivity index (χ2v) is 7.73. The molecule has 3 heterocycles. The average molecular weight is 434 g/mol. The van der Waals surface area contributed by atoms with Gasteiger partial charge in [-0.2, -0.15) is 10.4 Å². The number of fused-ring (bicyclic) bond motifs is 1. The molecule has 4 aromatic rings. The zero-order chi connectivity index (χ0) is 22.1. The Balaban J connectivity index is 1.77. The number of nitriles is 1. The van der Waals surface area contributed by atoms with Crippen LogP contribution >= 0.6 is 11.6 Å². The summed E-state index contributed by atoms with van der Waals surface area (Å²) < 4.78 is 3.25. The molecule has 0 spiro atoms. The van der Waals surface area contributed by atoms with Crippen LogP contribution in [0.3, 0.4) is 0 Å². The van der Waals surface area contributed by atoms with E-state index >= 15 is 0 Å². The highest BCUT2D eigenvalue weighted by Gasteiger charge is 2.15. The topological polar surface area (TPSA) is 101 Å². The van der Waals surface area contributed by atoms with Gasteiger partial charge < -0.3 is 9.88 Å². The van der Waals surface area contributed by atoms with Crippen LogP contribution < -0.4 is 10.9 Å². The van der Waals surface area contributed by atoms with Crippen LogP contribution in [0.1, 0.15) is 35.5 Å². The Morgan fingerprint density at radius 1 is 1.23 bits per heavy atom. The fourth-order valence-corrected chi connectivity index (χ4v) is 3.77. The van der Waals surface area contributed by atoms with Crippen molar-refractivity contribution >= 4 is 28.2 Å². The van der Waals surface area contributed by atoms with Crippen molar-refractivity contribution < 1.29 is 0 Å². The molecule has 1 aromatic carbocycles. The molecule has 0 saturated carbocycles. The van der Waals surface area contributed by atoms with Crippen molar-refractivity contribution in [2.24, 2.45) is 14.1 Å². The molecule has 31 heavy (non-hydrogen) atoms. The first-order valence-corrected chi connectivity index (χ1v) is 10.0. The molecule has 8 nitrogen and oxygen atoms in total. The van der Waals surface area contributed by atoms with Crippen LogP contribution in [0.25, 0.3) is 10.9 Å². The summed E-state index contributed by atoms with van der Waals surface area (Å²) in [5.74, 6) is 0.637. The summed E-state index contributed by atoms with van der Waals surface area (Å²) in [6.07, 6.45) is 3.75. The van der Waals surface area contributed by atoms with Gasteiger partial charge in [-0.05, 0) is 42.7 Å². The predicted octanol–water partition coefficient (Wildman–Crippen LogP) is 3.35. The van der Waals surface area contributed by atoms with Gasteiger partial charge in [-0.15, -0.1) is 0 Å². The third kappa shape index (κ3) is 4.00. The summed E-state index contributed by atoms with van der Waals surface area (Å²) in [4.78, 5) is 20.8. The van der Waals surface area contributed by atoms with Crippen molar-refractivity contribution in [3.8, 4) is 6.07 Å². The zero-order valence-corrected chi connectivity index (χ0v) is 18.1. The largest absolute Gasteiger partial charge is 0.375 e. The molecule has 0 amide bonds. The minimum Gasteiger partial charge on any atom is -0.375 e. The van der Waals surface area contributed by atoms with Gasteiger partial charge in [0.15, 0.2) is 5.82 Å². The van der Waals surface area contributed by atoms with E-state index in [2.05, 4.69) is 26.5 Å². The predicted molar refractivity (Wildman–Crippen MR) is 119 cm³/mol. The van der Waals surface area contributed by atoms with E-state index in [0.29, 0.717) is 23.5 Å². The number of hydrogen-bond acceptors (Lipinski definition) is 6. The third-order valence-corrected chi connectivity index (χ3v) is 5.47. The summed E-state index contributed by atoms with van der Waals surface area (Å²) in [5.41, 5.74) is 3.54. The maximum absolute atomic E-state index is 12.5. The molecule has 0 aliphatic heterocycles. The van der Waals surface area contributed by atoms with Crippen LogP contribution in [-0.2, 0) is 20.5 Å². The van der Waals surface area contributed by atoms with Gasteiger partial charge in [-0.25, -0.2) is 9.97 Å². The van der Waals surface area contributed by atoms with E-state index in [0.717, 1.165) is 22.0 Å². The first kappa shape index (κ1) is 20.6. The molecule has 1 N–H and O–H groups in total. The van der Waals surface area contributed by atoms with Crippen molar-refractivity contribution in [1.82, 2.24) is 24.3 Å². The van der Waals surface area contributed by atoms with Crippen LogP contribution in [0.4, 0.5) is 5.69 Å². The molecule has 9 heteroatoms. The Morgan fingerprint density at radius 3 is 2.74 bits per heavy atom. The SMILES string of the molecule is CC(Nc1cc(=O)n(C)c2ccc(Cc3ccnc(Cl)c3C#N)cc12)c1ncn(C)n1.